The standard InChI is InChI=1S/C23H24F3N3O2/c1-5-31-21(30)19-16(3)29(4)22(23(24,25)26,17-13-11-15(2)12-14-17)28-20(19)27-18-9-7-6-8-10-18/h6-14H,5H2,1-4H3,(H,27,28). The van der Waals surface area contributed by atoms with Crippen LogP contribution in [-0.2, 0) is 15.2 Å². The van der Waals surface area contributed by atoms with Crippen LogP contribution in [0.2, 0.25) is 0 Å². The monoisotopic (exact) mass is 431 g/mol. The topological polar surface area (TPSA) is 53.9 Å². The predicted molar refractivity (Wildman–Crippen MR) is 114 cm³/mol. The number of nitrogens with zero attached hydrogens (tertiary/aromatic N) is 2. The van der Waals surface area contributed by atoms with Gasteiger partial charge in [-0.2, -0.15) is 13.2 Å². The van der Waals surface area contributed by atoms with E-state index in [1.54, 1.807) is 56.3 Å². The fourth-order valence-electron chi connectivity index (χ4n) is 3.53. The van der Waals surface area contributed by atoms with Crippen molar-refractivity contribution in [2.24, 2.45) is 4.99 Å². The van der Waals surface area contributed by atoms with Crippen LogP contribution >= 0.6 is 0 Å². The van der Waals surface area contributed by atoms with Crippen molar-refractivity contribution >= 4 is 17.5 Å². The van der Waals surface area contributed by atoms with Gasteiger partial charge in [0.05, 0.1) is 6.61 Å². The normalized spacial score (nSPS) is 19.2. The maximum absolute atomic E-state index is 14.7. The molecular formula is C23H24F3N3O2. The number of allylic oxidation sites excluding steroid dienone is 1. The number of rotatable bonds is 4. The number of para-hydroxylation sites is 1. The highest BCUT2D eigenvalue weighted by atomic mass is 19.4. The number of esters is 1. The molecule has 2 aromatic carbocycles. The van der Waals surface area contributed by atoms with E-state index < -0.39 is 17.8 Å². The van der Waals surface area contributed by atoms with Crippen LogP contribution in [0.1, 0.15) is 25.0 Å². The van der Waals surface area contributed by atoms with Crippen LogP contribution < -0.4 is 5.32 Å². The molecule has 0 saturated carbocycles. The maximum atomic E-state index is 14.7. The number of hydrogen-bond donors (Lipinski definition) is 1. The molecule has 1 aliphatic heterocycles. The van der Waals surface area contributed by atoms with E-state index in [1.807, 2.05) is 0 Å². The number of carbonyl (C=O) groups excluding carboxylic acids is 1. The molecule has 8 heteroatoms. The minimum absolute atomic E-state index is 0.0415. The molecule has 1 heterocycles. The summed E-state index contributed by atoms with van der Waals surface area (Å²) in [5.41, 5.74) is -1.38. The molecule has 1 aliphatic rings. The van der Waals surface area contributed by atoms with Crippen LogP contribution in [0.3, 0.4) is 0 Å². The summed E-state index contributed by atoms with van der Waals surface area (Å²) in [7, 11) is 1.28. The molecule has 0 saturated heterocycles. The Kier molecular flexibility index (Phi) is 6.10. The van der Waals surface area contributed by atoms with Crippen molar-refractivity contribution in [2.75, 3.05) is 19.0 Å². The molecule has 0 fully saturated rings. The molecule has 0 amide bonds. The molecule has 0 spiro atoms. The summed E-state index contributed by atoms with van der Waals surface area (Å²) < 4.78 is 49.2. The van der Waals surface area contributed by atoms with Crippen LogP contribution in [-0.4, -0.2) is 36.5 Å². The van der Waals surface area contributed by atoms with Gasteiger partial charge in [-0.1, -0.05) is 48.0 Å². The summed E-state index contributed by atoms with van der Waals surface area (Å²) in [6.07, 6.45) is -4.78. The Morgan fingerprint density at radius 1 is 1.10 bits per heavy atom. The second-order valence-corrected chi connectivity index (χ2v) is 7.23. The van der Waals surface area contributed by atoms with Gasteiger partial charge in [0, 0.05) is 24.0 Å². The van der Waals surface area contributed by atoms with E-state index in [-0.39, 0.29) is 29.3 Å². The molecule has 31 heavy (non-hydrogen) atoms. The summed E-state index contributed by atoms with van der Waals surface area (Å²) in [4.78, 5) is 17.8. The van der Waals surface area contributed by atoms with Gasteiger partial charge in [-0.25, -0.2) is 9.79 Å². The molecule has 0 aromatic heterocycles. The third kappa shape index (κ3) is 4.02. The number of amidine groups is 1. The highest BCUT2D eigenvalue weighted by Gasteiger charge is 2.62. The van der Waals surface area contributed by atoms with Crippen LogP contribution in [0, 0.1) is 6.92 Å². The number of aryl methyl sites for hydroxylation is 1. The summed E-state index contributed by atoms with van der Waals surface area (Å²) in [6.45, 7) is 4.97. The van der Waals surface area contributed by atoms with Gasteiger partial charge in [0.1, 0.15) is 11.4 Å². The Morgan fingerprint density at radius 3 is 2.26 bits per heavy atom. The second-order valence-electron chi connectivity index (χ2n) is 7.23. The molecular weight excluding hydrogens is 407 g/mol. The van der Waals surface area contributed by atoms with Crippen molar-refractivity contribution < 1.29 is 22.7 Å². The third-order valence-electron chi connectivity index (χ3n) is 5.23. The van der Waals surface area contributed by atoms with Gasteiger partial charge >= 0.3 is 12.1 Å². The quantitative estimate of drug-likeness (QED) is 0.692. The Morgan fingerprint density at radius 2 is 1.71 bits per heavy atom. The van der Waals surface area contributed by atoms with Crippen molar-refractivity contribution in [3.63, 3.8) is 0 Å². The van der Waals surface area contributed by atoms with E-state index in [0.29, 0.717) is 5.69 Å². The van der Waals surface area contributed by atoms with Crippen LogP contribution in [0.4, 0.5) is 18.9 Å². The zero-order valence-corrected chi connectivity index (χ0v) is 17.7. The lowest BCUT2D eigenvalue weighted by Gasteiger charge is -2.45. The molecule has 5 nitrogen and oxygen atoms in total. The molecule has 1 N–H and O–H groups in total. The molecule has 164 valence electrons. The van der Waals surface area contributed by atoms with E-state index >= 15 is 0 Å². The highest BCUT2D eigenvalue weighted by molar-refractivity contribution is 6.24. The lowest BCUT2D eigenvalue weighted by molar-refractivity contribution is -0.226. The molecule has 2 aromatic rings. The SMILES string of the molecule is CCOC(=O)C1=C(C)N(C)C(c2ccc(C)cc2)(C(F)(F)F)N=C1Nc1ccccc1. The summed E-state index contributed by atoms with van der Waals surface area (Å²) in [6, 6.07) is 14.6. The van der Waals surface area contributed by atoms with Crippen molar-refractivity contribution in [2.45, 2.75) is 32.6 Å². The van der Waals surface area contributed by atoms with Crippen molar-refractivity contribution in [3.8, 4) is 0 Å². The number of nitrogens with one attached hydrogen (secondary N) is 1. The molecule has 0 aliphatic carbocycles. The predicted octanol–water partition coefficient (Wildman–Crippen LogP) is 5.00. The molecule has 0 radical (unpaired) electrons. The lowest BCUT2D eigenvalue weighted by Crippen LogP contribution is -2.56. The molecule has 1 atom stereocenters. The van der Waals surface area contributed by atoms with Gasteiger partial charge < -0.3 is 15.0 Å². The van der Waals surface area contributed by atoms with Gasteiger partial charge in [-0.15, -0.1) is 0 Å². The summed E-state index contributed by atoms with van der Waals surface area (Å²) in [5.74, 6) is -0.938. The number of alkyl halides is 3. The number of carbonyl (C=O) groups is 1. The van der Waals surface area contributed by atoms with E-state index in [4.69, 9.17) is 4.74 Å². The number of benzene rings is 2. The van der Waals surface area contributed by atoms with Crippen molar-refractivity contribution in [1.29, 1.82) is 0 Å². The second kappa shape index (κ2) is 8.45. The zero-order chi connectivity index (χ0) is 22.8. The fraction of sp³-hybridized carbons (Fsp3) is 0.304. The van der Waals surface area contributed by atoms with E-state index in [2.05, 4.69) is 10.3 Å². The van der Waals surface area contributed by atoms with Crippen LogP contribution in [0.25, 0.3) is 0 Å². The van der Waals surface area contributed by atoms with E-state index in [9.17, 15) is 18.0 Å². The molecule has 0 bridgehead atoms. The number of aliphatic imine (C=N–C) groups is 1. The number of anilines is 1. The van der Waals surface area contributed by atoms with Gasteiger partial charge in [-0.05, 0) is 32.9 Å². The highest BCUT2D eigenvalue weighted by Crippen LogP contribution is 2.48. The fourth-order valence-corrected chi connectivity index (χ4v) is 3.53. The Hall–Kier alpha value is -3.29. The minimum atomic E-state index is -4.78. The first kappa shape index (κ1) is 22.4. The first-order valence-electron chi connectivity index (χ1n) is 9.79. The first-order chi connectivity index (χ1) is 14.6. The Bertz CT molecular complexity index is 1010. The van der Waals surface area contributed by atoms with Gasteiger partial charge in [-0.3, -0.25) is 0 Å². The third-order valence-corrected chi connectivity index (χ3v) is 5.23. The zero-order valence-electron chi connectivity index (χ0n) is 17.7. The Labute approximate surface area is 179 Å². The van der Waals surface area contributed by atoms with E-state index in [0.717, 1.165) is 10.5 Å². The summed E-state index contributed by atoms with van der Waals surface area (Å²) in [5, 5.41) is 2.89. The van der Waals surface area contributed by atoms with Gasteiger partial charge in [0.15, 0.2) is 0 Å². The first-order valence-corrected chi connectivity index (χ1v) is 9.79. The minimum Gasteiger partial charge on any atom is -0.462 e. The molecule has 1 unspecified atom stereocenters. The number of halogens is 3. The van der Waals surface area contributed by atoms with Crippen LogP contribution in [0.5, 0.6) is 0 Å². The maximum Gasteiger partial charge on any atom is 0.437 e. The van der Waals surface area contributed by atoms with Gasteiger partial charge in [0.25, 0.3) is 5.66 Å². The van der Waals surface area contributed by atoms with E-state index in [1.165, 1.54) is 26.1 Å². The smallest absolute Gasteiger partial charge is 0.437 e. The van der Waals surface area contributed by atoms with Crippen LogP contribution in [0.15, 0.2) is 70.9 Å². The number of hydrogen-bond acceptors (Lipinski definition) is 5. The largest absolute Gasteiger partial charge is 0.462 e. The average Bonchev–Trinajstić information content (AvgIpc) is 2.71. The summed E-state index contributed by atoms with van der Waals surface area (Å²) >= 11 is 0. The van der Waals surface area contributed by atoms with Gasteiger partial charge in [0.2, 0.25) is 0 Å². The Balaban J connectivity index is 2.27. The molecule has 3 rings (SSSR count). The van der Waals surface area contributed by atoms with Crippen molar-refractivity contribution in [1.82, 2.24) is 4.90 Å². The van der Waals surface area contributed by atoms with Crippen molar-refractivity contribution in [3.05, 3.63) is 77.0 Å². The number of ether oxygens (including phenoxy) is 1. The lowest BCUT2D eigenvalue weighted by atomic mass is 9.92. The average molecular weight is 431 g/mol.